The molecule has 1 aliphatic heterocycles. The van der Waals surface area contributed by atoms with Crippen LogP contribution in [0.25, 0.3) is 6.08 Å². The molecular weight excluding hydrogens is 620 g/mol. The van der Waals surface area contributed by atoms with E-state index in [1.807, 2.05) is 60.7 Å². The smallest absolute Gasteiger partial charge is 0.338 e. The van der Waals surface area contributed by atoms with Crippen molar-refractivity contribution in [2.24, 2.45) is 4.99 Å². The van der Waals surface area contributed by atoms with E-state index in [0.717, 1.165) is 15.6 Å². The van der Waals surface area contributed by atoms with Crippen LogP contribution in [0.2, 0.25) is 0 Å². The highest BCUT2D eigenvalue weighted by Gasteiger charge is 2.34. The van der Waals surface area contributed by atoms with Crippen molar-refractivity contribution in [3.8, 4) is 17.2 Å². The second-order valence-corrected chi connectivity index (χ2v) is 11.3. The molecule has 0 amide bonds. The number of esters is 1. The molecule has 1 unspecified atom stereocenters. The second-order valence-electron chi connectivity index (χ2n) is 9.37. The van der Waals surface area contributed by atoms with Crippen LogP contribution < -0.4 is 29.1 Å². The Morgan fingerprint density at radius 2 is 1.76 bits per heavy atom. The molecule has 216 valence electrons. The maximum atomic E-state index is 13.9. The number of hydrogen-bond acceptors (Lipinski definition) is 8. The third kappa shape index (κ3) is 5.91. The summed E-state index contributed by atoms with van der Waals surface area (Å²) in [7, 11) is 3.13. The third-order valence-corrected chi connectivity index (χ3v) is 8.26. The summed E-state index contributed by atoms with van der Waals surface area (Å²) >= 11 is 4.69. The van der Waals surface area contributed by atoms with E-state index >= 15 is 0 Å². The normalized spacial score (nSPS) is 14.7. The van der Waals surface area contributed by atoms with Crippen LogP contribution in [-0.4, -0.2) is 31.4 Å². The molecule has 3 aromatic carbocycles. The zero-order chi connectivity index (χ0) is 29.8. The van der Waals surface area contributed by atoms with Gasteiger partial charge >= 0.3 is 5.97 Å². The van der Waals surface area contributed by atoms with E-state index in [4.69, 9.17) is 18.9 Å². The molecule has 0 bridgehead atoms. The topological polar surface area (TPSA) is 88.4 Å². The molecule has 0 aliphatic carbocycles. The lowest BCUT2D eigenvalue weighted by molar-refractivity contribution is -0.139. The molecule has 1 aliphatic rings. The minimum atomic E-state index is -0.762. The van der Waals surface area contributed by atoms with Gasteiger partial charge < -0.3 is 18.9 Å². The lowest BCUT2D eigenvalue weighted by Crippen LogP contribution is -2.40. The summed E-state index contributed by atoms with van der Waals surface area (Å²) in [6.45, 7) is 4.08. The number of benzene rings is 3. The van der Waals surface area contributed by atoms with Crippen molar-refractivity contribution in [3.63, 3.8) is 0 Å². The fourth-order valence-corrected chi connectivity index (χ4v) is 6.08. The fraction of sp³-hybridized carbons (Fsp3) is 0.219. The Kier molecular flexibility index (Phi) is 8.94. The Bertz CT molecular complexity index is 1840. The lowest BCUT2D eigenvalue weighted by atomic mass is 9.95. The average molecular weight is 650 g/mol. The van der Waals surface area contributed by atoms with Crippen LogP contribution in [0.3, 0.4) is 0 Å². The van der Waals surface area contributed by atoms with Gasteiger partial charge in [-0.15, -0.1) is 0 Å². The number of rotatable bonds is 9. The number of hydrogen-bond donors (Lipinski definition) is 0. The van der Waals surface area contributed by atoms with Crippen molar-refractivity contribution in [2.45, 2.75) is 26.5 Å². The number of ether oxygens (including phenoxy) is 4. The van der Waals surface area contributed by atoms with Crippen molar-refractivity contribution >= 4 is 39.3 Å². The number of aromatic nitrogens is 1. The molecule has 1 aromatic heterocycles. The Hall–Kier alpha value is -4.15. The summed E-state index contributed by atoms with van der Waals surface area (Å²) in [6.07, 6.45) is 1.79. The van der Waals surface area contributed by atoms with Gasteiger partial charge in [-0.2, -0.15) is 0 Å². The molecular formula is C32H29BrN2O6S. The number of allylic oxidation sites excluding steroid dienone is 1. The van der Waals surface area contributed by atoms with E-state index < -0.39 is 12.0 Å². The SMILES string of the molecule is CCOC(=O)C1=C(C)N=c2s/c(=C/c3ccc(OCc4ccc(Br)cc4)c(OC)c3)c(=O)n2C1c1ccccc1OC. The zero-order valence-electron chi connectivity index (χ0n) is 23.5. The number of carbonyl (C=O) groups is 1. The van der Waals surface area contributed by atoms with Crippen LogP contribution in [0, 0.1) is 0 Å². The van der Waals surface area contributed by atoms with Crippen LogP contribution >= 0.6 is 27.3 Å². The van der Waals surface area contributed by atoms with Crippen molar-refractivity contribution < 1.29 is 23.7 Å². The molecule has 10 heteroatoms. The number of halogens is 1. The summed E-state index contributed by atoms with van der Waals surface area (Å²) in [5, 5.41) is 0. The molecule has 0 saturated heterocycles. The fourth-order valence-electron chi connectivity index (χ4n) is 4.76. The molecule has 0 saturated carbocycles. The number of fused-ring (bicyclic) bond motifs is 1. The van der Waals surface area contributed by atoms with Gasteiger partial charge in [0.05, 0.1) is 36.6 Å². The molecule has 5 rings (SSSR count). The van der Waals surface area contributed by atoms with Crippen LogP contribution in [0.1, 0.15) is 36.6 Å². The number of carbonyl (C=O) groups excluding carboxylic acids is 1. The molecule has 0 N–H and O–H groups in total. The highest BCUT2D eigenvalue weighted by Crippen LogP contribution is 2.35. The van der Waals surface area contributed by atoms with E-state index in [2.05, 4.69) is 20.9 Å². The first-order valence-corrected chi connectivity index (χ1v) is 14.8. The highest BCUT2D eigenvalue weighted by atomic mass is 79.9. The zero-order valence-corrected chi connectivity index (χ0v) is 26.0. The molecule has 42 heavy (non-hydrogen) atoms. The number of methoxy groups -OCH3 is 2. The van der Waals surface area contributed by atoms with Crippen molar-refractivity contribution in [3.05, 3.63) is 119 Å². The van der Waals surface area contributed by atoms with Gasteiger partial charge in [0.15, 0.2) is 16.3 Å². The quantitative estimate of drug-likeness (QED) is 0.233. The van der Waals surface area contributed by atoms with Gasteiger partial charge in [-0.3, -0.25) is 9.36 Å². The van der Waals surface area contributed by atoms with Gasteiger partial charge in [-0.25, -0.2) is 9.79 Å². The Morgan fingerprint density at radius 3 is 2.48 bits per heavy atom. The summed E-state index contributed by atoms with van der Waals surface area (Å²) in [4.78, 5) is 32.2. The van der Waals surface area contributed by atoms with Gasteiger partial charge in [0, 0.05) is 10.0 Å². The monoisotopic (exact) mass is 648 g/mol. The van der Waals surface area contributed by atoms with Crippen LogP contribution in [0.15, 0.2) is 92.3 Å². The number of thiazole rings is 1. The van der Waals surface area contributed by atoms with Gasteiger partial charge in [-0.1, -0.05) is 63.7 Å². The average Bonchev–Trinajstić information content (AvgIpc) is 3.30. The first-order chi connectivity index (χ1) is 20.3. The first kappa shape index (κ1) is 29.3. The number of para-hydroxylation sites is 1. The van der Waals surface area contributed by atoms with Crippen LogP contribution in [0.4, 0.5) is 0 Å². The molecule has 8 nitrogen and oxygen atoms in total. The van der Waals surface area contributed by atoms with E-state index in [0.29, 0.717) is 50.0 Å². The van der Waals surface area contributed by atoms with E-state index in [1.54, 1.807) is 44.8 Å². The molecule has 0 radical (unpaired) electrons. The summed E-state index contributed by atoms with van der Waals surface area (Å²) in [6, 6.07) is 20.0. The van der Waals surface area contributed by atoms with E-state index in [1.165, 1.54) is 11.3 Å². The van der Waals surface area contributed by atoms with Gasteiger partial charge in [0.2, 0.25) is 0 Å². The molecule has 2 heterocycles. The minimum Gasteiger partial charge on any atom is -0.496 e. The summed E-state index contributed by atoms with van der Waals surface area (Å²) in [5.74, 6) is 1.16. The molecule has 4 aromatic rings. The predicted molar refractivity (Wildman–Crippen MR) is 165 cm³/mol. The first-order valence-electron chi connectivity index (χ1n) is 13.2. The van der Waals surface area contributed by atoms with Gasteiger partial charge in [-0.05, 0) is 61.4 Å². The maximum Gasteiger partial charge on any atom is 0.338 e. The van der Waals surface area contributed by atoms with Gasteiger partial charge in [0.25, 0.3) is 5.56 Å². The maximum absolute atomic E-state index is 13.9. The standard InChI is InChI=1S/C32H29BrN2O6S/c1-5-40-31(37)28-19(2)34-32-35(29(28)23-8-6-7-9-24(23)38-3)30(36)27(42-32)17-21-12-15-25(26(16-21)39-4)41-18-20-10-13-22(33)14-11-20/h6-17,29H,5,18H2,1-4H3/b27-17+. The summed E-state index contributed by atoms with van der Waals surface area (Å²) < 4.78 is 25.6. The van der Waals surface area contributed by atoms with Crippen molar-refractivity contribution in [1.29, 1.82) is 0 Å². The molecule has 0 fully saturated rings. The van der Waals surface area contributed by atoms with E-state index in [9.17, 15) is 9.59 Å². The second kappa shape index (κ2) is 12.8. The Balaban J connectivity index is 1.56. The van der Waals surface area contributed by atoms with Crippen molar-refractivity contribution in [2.75, 3.05) is 20.8 Å². The van der Waals surface area contributed by atoms with Crippen LogP contribution in [0.5, 0.6) is 17.2 Å². The molecule has 1 atom stereocenters. The highest BCUT2D eigenvalue weighted by molar-refractivity contribution is 9.10. The lowest BCUT2D eigenvalue weighted by Gasteiger charge is -2.25. The summed E-state index contributed by atoms with van der Waals surface area (Å²) in [5.41, 5.74) is 2.95. The van der Waals surface area contributed by atoms with Crippen molar-refractivity contribution in [1.82, 2.24) is 4.57 Å². The Morgan fingerprint density at radius 1 is 1.02 bits per heavy atom. The molecule has 0 spiro atoms. The predicted octanol–water partition coefficient (Wildman–Crippen LogP) is 5.16. The Labute approximate surface area is 255 Å². The number of nitrogens with zero attached hydrogens (tertiary/aromatic N) is 2. The van der Waals surface area contributed by atoms with Crippen LogP contribution in [-0.2, 0) is 16.1 Å². The van der Waals surface area contributed by atoms with E-state index in [-0.39, 0.29) is 12.2 Å². The minimum absolute atomic E-state index is 0.198. The largest absolute Gasteiger partial charge is 0.496 e. The van der Waals surface area contributed by atoms with Gasteiger partial charge in [0.1, 0.15) is 18.4 Å². The third-order valence-electron chi connectivity index (χ3n) is 6.74.